The zero-order chi connectivity index (χ0) is 10.3. The molecule has 1 atom stereocenters. The first-order valence-corrected chi connectivity index (χ1v) is 5.46. The molecule has 14 heavy (non-hydrogen) atoms. The fraction of sp³-hybridized carbons (Fsp3) is 0.222. The molecule has 0 amide bonds. The van der Waals surface area contributed by atoms with Crippen molar-refractivity contribution < 1.29 is 9.52 Å². The lowest BCUT2D eigenvalue weighted by molar-refractivity contribution is 0.194. The normalized spacial score (nSPS) is 13.4. The molecule has 2 rings (SSSR count). The third kappa shape index (κ3) is 1.62. The summed E-state index contributed by atoms with van der Waals surface area (Å²) in [6, 6.07) is 1.79. The van der Waals surface area contributed by atoms with Crippen LogP contribution in [0.4, 0.5) is 0 Å². The fourth-order valence-electron chi connectivity index (χ4n) is 1.20. The number of nitrogens with zero attached hydrogens (tertiary/aromatic N) is 1. The quantitative estimate of drug-likeness (QED) is 0.648. The fourth-order valence-corrected chi connectivity index (χ4v) is 1.97. The SMILES string of the molecule is CC(O)c1cc2c(I)coc2c(Cl)n1. The van der Waals surface area contributed by atoms with Crippen molar-refractivity contribution in [3.05, 3.63) is 26.7 Å². The second-order valence-electron chi connectivity index (χ2n) is 2.97. The predicted molar refractivity (Wildman–Crippen MR) is 62.4 cm³/mol. The Labute approximate surface area is 99.2 Å². The van der Waals surface area contributed by atoms with Crippen LogP contribution in [0.25, 0.3) is 11.0 Å². The van der Waals surface area contributed by atoms with Crippen LogP contribution in [0.1, 0.15) is 18.7 Å². The molecule has 3 nitrogen and oxygen atoms in total. The van der Waals surface area contributed by atoms with Crippen LogP contribution >= 0.6 is 34.2 Å². The van der Waals surface area contributed by atoms with E-state index < -0.39 is 6.10 Å². The van der Waals surface area contributed by atoms with Gasteiger partial charge >= 0.3 is 0 Å². The number of hydrogen-bond acceptors (Lipinski definition) is 3. The molecule has 0 aliphatic heterocycles. The standard InChI is InChI=1S/C9H7ClINO2/c1-4(13)7-2-5-6(11)3-14-8(5)9(10)12-7/h2-4,13H,1H3. The average molecular weight is 324 g/mol. The van der Waals surface area contributed by atoms with E-state index in [2.05, 4.69) is 27.6 Å². The van der Waals surface area contributed by atoms with E-state index in [4.69, 9.17) is 16.0 Å². The number of furan rings is 1. The van der Waals surface area contributed by atoms with E-state index in [1.807, 2.05) is 0 Å². The molecular weight excluding hydrogens is 316 g/mol. The summed E-state index contributed by atoms with van der Waals surface area (Å²) in [6.07, 6.45) is 0.993. The lowest BCUT2D eigenvalue weighted by Crippen LogP contribution is -1.95. The summed E-state index contributed by atoms with van der Waals surface area (Å²) in [5.74, 6) is 0. The van der Waals surface area contributed by atoms with Gasteiger partial charge in [-0.15, -0.1) is 0 Å². The molecule has 0 bridgehead atoms. The molecule has 0 spiro atoms. The van der Waals surface area contributed by atoms with Gasteiger partial charge in [0.05, 0.1) is 15.4 Å². The molecular formula is C9H7ClINO2. The number of rotatable bonds is 1. The third-order valence-corrected chi connectivity index (χ3v) is 3.01. The molecule has 2 heterocycles. The molecule has 1 unspecified atom stereocenters. The van der Waals surface area contributed by atoms with Crippen LogP contribution in [0.15, 0.2) is 16.7 Å². The highest BCUT2D eigenvalue weighted by Gasteiger charge is 2.12. The van der Waals surface area contributed by atoms with Crippen molar-refractivity contribution in [2.75, 3.05) is 0 Å². The van der Waals surface area contributed by atoms with Crippen LogP contribution in [0, 0.1) is 3.57 Å². The molecule has 0 aliphatic carbocycles. The first kappa shape index (κ1) is 10.2. The van der Waals surface area contributed by atoms with Gasteiger partial charge in [-0.2, -0.15) is 0 Å². The van der Waals surface area contributed by atoms with Crippen LogP contribution in [-0.4, -0.2) is 10.1 Å². The second kappa shape index (κ2) is 3.67. The highest BCUT2D eigenvalue weighted by molar-refractivity contribution is 14.1. The summed E-state index contributed by atoms with van der Waals surface area (Å²) in [6.45, 7) is 1.65. The van der Waals surface area contributed by atoms with Crippen LogP contribution in [-0.2, 0) is 0 Å². The molecule has 74 valence electrons. The van der Waals surface area contributed by atoms with Crippen molar-refractivity contribution in [2.24, 2.45) is 0 Å². The van der Waals surface area contributed by atoms with E-state index in [0.29, 0.717) is 16.4 Å². The van der Waals surface area contributed by atoms with Gasteiger partial charge < -0.3 is 9.52 Å². The Morgan fingerprint density at radius 2 is 2.36 bits per heavy atom. The number of halogens is 2. The molecule has 1 N–H and O–H groups in total. The van der Waals surface area contributed by atoms with Gasteiger partial charge in [-0.3, -0.25) is 0 Å². The van der Waals surface area contributed by atoms with Gasteiger partial charge in [0.1, 0.15) is 6.26 Å². The highest BCUT2D eigenvalue weighted by Crippen LogP contribution is 2.29. The van der Waals surface area contributed by atoms with Crippen LogP contribution in [0.5, 0.6) is 0 Å². The highest BCUT2D eigenvalue weighted by atomic mass is 127. The van der Waals surface area contributed by atoms with Gasteiger partial charge in [0.2, 0.25) is 0 Å². The molecule has 2 aromatic heterocycles. The number of aromatic nitrogens is 1. The molecule has 0 aliphatic rings. The number of aliphatic hydroxyl groups excluding tert-OH is 1. The Hall–Kier alpha value is -0.330. The van der Waals surface area contributed by atoms with Crippen LogP contribution in [0.3, 0.4) is 0 Å². The minimum absolute atomic E-state index is 0.293. The van der Waals surface area contributed by atoms with E-state index in [0.717, 1.165) is 8.96 Å². The summed E-state index contributed by atoms with van der Waals surface area (Å²) in [7, 11) is 0. The topological polar surface area (TPSA) is 46.3 Å². The van der Waals surface area contributed by atoms with E-state index in [1.54, 1.807) is 19.3 Å². The molecule has 0 fully saturated rings. The minimum atomic E-state index is -0.623. The van der Waals surface area contributed by atoms with Crippen molar-refractivity contribution >= 4 is 45.2 Å². The first-order valence-electron chi connectivity index (χ1n) is 4.01. The van der Waals surface area contributed by atoms with Gasteiger partial charge in [0, 0.05) is 5.39 Å². The second-order valence-corrected chi connectivity index (χ2v) is 4.49. The summed E-state index contributed by atoms with van der Waals surface area (Å²) in [5, 5.41) is 10.6. The van der Waals surface area contributed by atoms with Gasteiger partial charge in [-0.25, -0.2) is 4.98 Å². The molecule has 0 saturated heterocycles. The van der Waals surface area contributed by atoms with Crippen molar-refractivity contribution in [3.63, 3.8) is 0 Å². The number of fused-ring (bicyclic) bond motifs is 1. The largest absolute Gasteiger partial charge is 0.460 e. The molecule has 0 saturated carbocycles. The summed E-state index contributed by atoms with van der Waals surface area (Å²) >= 11 is 8.05. The predicted octanol–water partition coefficient (Wildman–Crippen LogP) is 3.14. The van der Waals surface area contributed by atoms with Gasteiger partial charge in [0.25, 0.3) is 0 Å². The van der Waals surface area contributed by atoms with E-state index in [-0.39, 0.29) is 0 Å². The van der Waals surface area contributed by atoms with Gasteiger partial charge in [-0.1, -0.05) is 11.6 Å². The Kier molecular flexibility index (Phi) is 2.68. The summed E-state index contributed by atoms with van der Waals surface area (Å²) in [4.78, 5) is 4.03. The monoisotopic (exact) mass is 323 g/mol. The molecule has 0 aromatic carbocycles. The zero-order valence-electron chi connectivity index (χ0n) is 7.29. The van der Waals surface area contributed by atoms with E-state index in [9.17, 15) is 5.11 Å². The molecule has 0 radical (unpaired) electrons. The minimum Gasteiger partial charge on any atom is -0.460 e. The molecule has 5 heteroatoms. The van der Waals surface area contributed by atoms with E-state index >= 15 is 0 Å². The van der Waals surface area contributed by atoms with Crippen LogP contribution in [0.2, 0.25) is 5.15 Å². The maximum Gasteiger partial charge on any atom is 0.172 e. The lowest BCUT2D eigenvalue weighted by Gasteiger charge is -2.03. The summed E-state index contributed by atoms with van der Waals surface area (Å²) < 4.78 is 6.19. The Bertz CT molecular complexity index is 481. The van der Waals surface area contributed by atoms with Gasteiger partial charge in [0.15, 0.2) is 10.7 Å². The number of hydrogen-bond donors (Lipinski definition) is 1. The lowest BCUT2D eigenvalue weighted by atomic mass is 10.2. The van der Waals surface area contributed by atoms with Crippen molar-refractivity contribution in [2.45, 2.75) is 13.0 Å². The van der Waals surface area contributed by atoms with Crippen LogP contribution < -0.4 is 0 Å². The Balaban J connectivity index is 2.75. The smallest absolute Gasteiger partial charge is 0.172 e. The first-order chi connectivity index (χ1) is 6.59. The average Bonchev–Trinajstić information content (AvgIpc) is 2.48. The molecule has 2 aromatic rings. The Morgan fingerprint density at radius 1 is 1.64 bits per heavy atom. The Morgan fingerprint density at radius 3 is 3.00 bits per heavy atom. The number of aliphatic hydroxyl groups is 1. The number of pyridine rings is 1. The van der Waals surface area contributed by atoms with Crippen molar-refractivity contribution in [1.29, 1.82) is 0 Å². The maximum absolute atomic E-state index is 9.38. The van der Waals surface area contributed by atoms with Gasteiger partial charge in [-0.05, 0) is 35.6 Å². The van der Waals surface area contributed by atoms with Crippen molar-refractivity contribution in [1.82, 2.24) is 4.98 Å². The van der Waals surface area contributed by atoms with E-state index in [1.165, 1.54) is 0 Å². The third-order valence-electron chi connectivity index (χ3n) is 1.92. The summed E-state index contributed by atoms with van der Waals surface area (Å²) in [5.41, 5.74) is 1.13. The maximum atomic E-state index is 9.38. The zero-order valence-corrected chi connectivity index (χ0v) is 10.2. The van der Waals surface area contributed by atoms with Crippen molar-refractivity contribution in [3.8, 4) is 0 Å².